The minimum absolute atomic E-state index is 0.0474. The van der Waals surface area contributed by atoms with E-state index in [0.29, 0.717) is 0 Å². The van der Waals surface area contributed by atoms with E-state index in [0.717, 1.165) is 6.20 Å². The second-order valence-corrected chi connectivity index (χ2v) is 2.57. The van der Waals surface area contributed by atoms with Crippen LogP contribution in [0.15, 0.2) is 11.0 Å². The van der Waals surface area contributed by atoms with E-state index in [1.165, 1.54) is 0 Å². The molecule has 8 heteroatoms. The lowest BCUT2D eigenvalue weighted by atomic mass is 10.2. The average molecular weight is 224 g/mol. The Bertz CT molecular complexity index is 413. The minimum Gasteiger partial charge on any atom is -0.504 e. The molecule has 0 radical (unpaired) electrons. The molecule has 0 saturated carbocycles. The Morgan fingerprint density at radius 3 is 2.60 bits per heavy atom. The molecule has 0 bridgehead atoms. The fourth-order valence-electron chi connectivity index (χ4n) is 0.906. The van der Waals surface area contributed by atoms with Gasteiger partial charge in [-0.1, -0.05) is 0 Å². The molecule has 0 fully saturated rings. The van der Waals surface area contributed by atoms with Crippen molar-refractivity contribution in [3.8, 4) is 11.5 Å². The summed E-state index contributed by atoms with van der Waals surface area (Å²) < 4.78 is 38.8. The molecule has 0 amide bonds. The first-order valence-corrected chi connectivity index (χ1v) is 3.74. The van der Waals surface area contributed by atoms with Crippen LogP contribution in [0.4, 0.5) is 13.2 Å². The molecule has 84 valence electrons. The maximum absolute atomic E-state index is 11.8. The van der Waals surface area contributed by atoms with E-state index >= 15 is 0 Å². The Labute approximate surface area is 81.3 Å². The van der Waals surface area contributed by atoms with Gasteiger partial charge in [-0.05, 0) is 0 Å². The van der Waals surface area contributed by atoms with Crippen molar-refractivity contribution in [2.24, 2.45) is 5.73 Å². The molecule has 0 aromatic carbocycles. The number of H-pyrrole nitrogens is 1. The number of aromatic hydroxyl groups is 1. The molecular formula is C7H7F3N2O3. The number of aromatic nitrogens is 1. The minimum atomic E-state index is -5.04. The molecule has 1 aromatic rings. The smallest absolute Gasteiger partial charge is 0.504 e. The van der Waals surface area contributed by atoms with Crippen LogP contribution in [-0.4, -0.2) is 16.5 Å². The number of nitrogens with two attached hydrogens (primary N) is 1. The van der Waals surface area contributed by atoms with Gasteiger partial charge in [-0.2, -0.15) is 0 Å². The zero-order valence-corrected chi connectivity index (χ0v) is 7.26. The van der Waals surface area contributed by atoms with Crippen LogP contribution in [-0.2, 0) is 6.54 Å². The van der Waals surface area contributed by atoms with E-state index in [1.54, 1.807) is 0 Å². The Morgan fingerprint density at radius 1 is 1.53 bits per heavy atom. The third-order valence-corrected chi connectivity index (χ3v) is 1.54. The molecule has 0 aliphatic rings. The van der Waals surface area contributed by atoms with E-state index in [9.17, 15) is 23.1 Å². The highest BCUT2D eigenvalue weighted by Crippen LogP contribution is 2.29. The normalized spacial score (nSPS) is 11.5. The van der Waals surface area contributed by atoms with Crippen molar-refractivity contribution in [3.05, 3.63) is 22.1 Å². The van der Waals surface area contributed by atoms with Gasteiger partial charge in [0.25, 0.3) is 5.56 Å². The van der Waals surface area contributed by atoms with Gasteiger partial charge >= 0.3 is 6.36 Å². The van der Waals surface area contributed by atoms with Crippen molar-refractivity contribution in [1.29, 1.82) is 0 Å². The van der Waals surface area contributed by atoms with Crippen molar-refractivity contribution < 1.29 is 23.0 Å². The summed E-state index contributed by atoms with van der Waals surface area (Å²) in [5.74, 6) is -2.11. The summed E-state index contributed by atoms with van der Waals surface area (Å²) in [5.41, 5.74) is 3.89. The number of alkyl halides is 3. The number of aromatic amines is 1. The van der Waals surface area contributed by atoms with Gasteiger partial charge in [0.1, 0.15) is 0 Å². The molecular weight excluding hydrogens is 217 g/mol. The van der Waals surface area contributed by atoms with Gasteiger partial charge in [0, 0.05) is 18.3 Å². The number of halogens is 3. The molecule has 1 aromatic heterocycles. The number of pyridine rings is 1. The highest BCUT2D eigenvalue weighted by Gasteiger charge is 2.34. The molecule has 0 unspecified atom stereocenters. The Balaban J connectivity index is 3.22. The molecule has 0 aliphatic heterocycles. The standard InChI is InChI=1S/C7H7F3N2O3/c8-7(9,10)15-5-4(13)3(1-11)2-12-6(5)14/h2H,1,11H2,(H2,12,13,14). The lowest BCUT2D eigenvalue weighted by Gasteiger charge is -2.10. The first kappa shape index (κ1) is 11.4. The zero-order chi connectivity index (χ0) is 11.6. The third kappa shape index (κ3) is 2.62. The average Bonchev–Trinajstić information content (AvgIpc) is 2.11. The van der Waals surface area contributed by atoms with Gasteiger partial charge in [-0.15, -0.1) is 13.2 Å². The second-order valence-electron chi connectivity index (χ2n) is 2.57. The first-order chi connectivity index (χ1) is 6.85. The predicted octanol–water partition coefficient (Wildman–Crippen LogP) is 0.438. The van der Waals surface area contributed by atoms with Crippen molar-refractivity contribution in [1.82, 2.24) is 4.98 Å². The van der Waals surface area contributed by atoms with Crippen molar-refractivity contribution in [3.63, 3.8) is 0 Å². The fourth-order valence-corrected chi connectivity index (χ4v) is 0.906. The molecule has 0 spiro atoms. The van der Waals surface area contributed by atoms with Crippen LogP contribution in [0, 0.1) is 0 Å². The van der Waals surface area contributed by atoms with Gasteiger partial charge in [-0.3, -0.25) is 4.79 Å². The summed E-state index contributed by atoms with van der Waals surface area (Å²) in [6.07, 6.45) is -4.03. The van der Waals surface area contributed by atoms with Gasteiger partial charge in [0.2, 0.25) is 5.75 Å². The molecule has 1 heterocycles. The molecule has 0 atom stereocenters. The van der Waals surface area contributed by atoms with E-state index < -0.39 is 23.4 Å². The van der Waals surface area contributed by atoms with Crippen molar-refractivity contribution in [2.45, 2.75) is 12.9 Å². The summed E-state index contributed by atoms with van der Waals surface area (Å²) in [7, 11) is 0. The van der Waals surface area contributed by atoms with Gasteiger partial charge in [0.05, 0.1) is 0 Å². The van der Waals surface area contributed by atoms with Crippen LogP contribution in [0.1, 0.15) is 5.56 Å². The lowest BCUT2D eigenvalue weighted by Crippen LogP contribution is -2.23. The van der Waals surface area contributed by atoms with Gasteiger partial charge in [-0.25, -0.2) is 0 Å². The second kappa shape index (κ2) is 3.81. The summed E-state index contributed by atoms with van der Waals surface area (Å²) in [6.45, 7) is -0.225. The van der Waals surface area contributed by atoms with Crippen LogP contribution < -0.4 is 16.0 Å². The number of rotatable bonds is 2. The molecule has 4 N–H and O–H groups in total. The quantitative estimate of drug-likeness (QED) is 0.680. The molecule has 0 saturated heterocycles. The van der Waals surface area contributed by atoms with Crippen molar-refractivity contribution >= 4 is 0 Å². The van der Waals surface area contributed by atoms with Crippen LogP contribution in [0.25, 0.3) is 0 Å². The third-order valence-electron chi connectivity index (χ3n) is 1.54. The predicted molar refractivity (Wildman–Crippen MR) is 43.3 cm³/mol. The Hall–Kier alpha value is -1.70. The Morgan fingerprint density at radius 2 is 2.13 bits per heavy atom. The molecule has 15 heavy (non-hydrogen) atoms. The highest BCUT2D eigenvalue weighted by atomic mass is 19.4. The largest absolute Gasteiger partial charge is 0.573 e. The summed E-state index contributed by atoms with van der Waals surface area (Å²) in [6, 6.07) is 0. The number of hydrogen-bond acceptors (Lipinski definition) is 4. The Kier molecular flexibility index (Phi) is 2.89. The number of nitrogens with one attached hydrogen (secondary N) is 1. The SMILES string of the molecule is NCc1c[nH]c(=O)c(OC(F)(F)F)c1O. The van der Waals surface area contributed by atoms with E-state index in [-0.39, 0.29) is 12.1 Å². The van der Waals surface area contributed by atoms with Crippen LogP contribution in [0.3, 0.4) is 0 Å². The van der Waals surface area contributed by atoms with E-state index in [2.05, 4.69) is 4.74 Å². The van der Waals surface area contributed by atoms with Crippen LogP contribution >= 0.6 is 0 Å². The monoisotopic (exact) mass is 224 g/mol. The molecule has 1 rings (SSSR count). The van der Waals surface area contributed by atoms with E-state index in [4.69, 9.17) is 5.73 Å². The maximum Gasteiger partial charge on any atom is 0.573 e. The topological polar surface area (TPSA) is 88.3 Å². The summed E-state index contributed by atoms with van der Waals surface area (Å²) >= 11 is 0. The fraction of sp³-hybridized carbons (Fsp3) is 0.286. The summed E-state index contributed by atoms with van der Waals surface area (Å²) in [4.78, 5) is 12.9. The molecule has 0 aliphatic carbocycles. The van der Waals surface area contributed by atoms with Gasteiger partial charge in [0.15, 0.2) is 5.75 Å². The summed E-state index contributed by atoms with van der Waals surface area (Å²) in [5, 5.41) is 9.21. The molecule has 5 nitrogen and oxygen atoms in total. The number of ether oxygens (including phenoxy) is 1. The lowest BCUT2D eigenvalue weighted by molar-refractivity contribution is -0.275. The van der Waals surface area contributed by atoms with Crippen LogP contribution in [0.2, 0.25) is 0 Å². The van der Waals surface area contributed by atoms with Crippen LogP contribution in [0.5, 0.6) is 11.5 Å². The maximum atomic E-state index is 11.8. The number of hydrogen-bond donors (Lipinski definition) is 3. The van der Waals surface area contributed by atoms with E-state index in [1.807, 2.05) is 4.98 Å². The zero-order valence-electron chi connectivity index (χ0n) is 7.26. The van der Waals surface area contributed by atoms with Crippen molar-refractivity contribution in [2.75, 3.05) is 0 Å². The van der Waals surface area contributed by atoms with Gasteiger partial charge < -0.3 is 20.6 Å². The highest BCUT2D eigenvalue weighted by molar-refractivity contribution is 5.42. The first-order valence-electron chi connectivity index (χ1n) is 3.74.